The van der Waals surface area contributed by atoms with Crippen LogP contribution in [0.15, 0.2) is 41.2 Å². The number of carboxylic acids is 1. The lowest BCUT2D eigenvalue weighted by Gasteiger charge is -2.12. The lowest BCUT2D eigenvalue weighted by molar-refractivity contribution is -0.145. The average Bonchev–Trinajstić information content (AvgIpc) is 2.80. The summed E-state index contributed by atoms with van der Waals surface area (Å²) in [5.41, 5.74) is 2.00. The predicted octanol–water partition coefficient (Wildman–Crippen LogP) is 2.35. The third kappa shape index (κ3) is 2.38. The number of benzene rings is 1. The highest BCUT2D eigenvalue weighted by molar-refractivity contribution is 7.07. The quantitative estimate of drug-likeness (QED) is 0.883. The molecular formula is C11H9NO3S. The van der Waals surface area contributed by atoms with E-state index in [0.717, 1.165) is 0 Å². The van der Waals surface area contributed by atoms with Crippen LogP contribution in [0.3, 0.4) is 0 Å². The van der Waals surface area contributed by atoms with Gasteiger partial charge in [0.05, 0.1) is 5.51 Å². The molecular weight excluding hydrogens is 226 g/mol. The van der Waals surface area contributed by atoms with E-state index in [2.05, 4.69) is 4.98 Å². The van der Waals surface area contributed by atoms with Crippen LogP contribution in [0.25, 0.3) is 0 Å². The van der Waals surface area contributed by atoms with E-state index in [4.69, 9.17) is 9.84 Å². The van der Waals surface area contributed by atoms with E-state index in [9.17, 15) is 4.79 Å². The average molecular weight is 235 g/mol. The van der Waals surface area contributed by atoms with Gasteiger partial charge in [0.2, 0.25) is 6.10 Å². The molecule has 16 heavy (non-hydrogen) atoms. The molecule has 1 unspecified atom stereocenters. The molecule has 4 nitrogen and oxygen atoms in total. The van der Waals surface area contributed by atoms with Gasteiger partial charge in [0.1, 0.15) is 11.4 Å². The van der Waals surface area contributed by atoms with Crippen LogP contribution >= 0.6 is 11.3 Å². The molecule has 0 spiro atoms. The summed E-state index contributed by atoms with van der Waals surface area (Å²) in [5, 5.41) is 10.7. The summed E-state index contributed by atoms with van der Waals surface area (Å²) in [6, 6.07) is 8.83. The second-order valence-corrected chi connectivity index (χ2v) is 3.78. The van der Waals surface area contributed by atoms with Gasteiger partial charge in [0.25, 0.3) is 0 Å². The molecule has 0 saturated carbocycles. The molecule has 0 saturated heterocycles. The first-order valence-electron chi connectivity index (χ1n) is 4.60. The van der Waals surface area contributed by atoms with Crippen molar-refractivity contribution in [3.8, 4) is 5.75 Å². The van der Waals surface area contributed by atoms with Crippen molar-refractivity contribution >= 4 is 17.3 Å². The molecule has 0 aliphatic rings. The smallest absolute Gasteiger partial charge is 0.351 e. The summed E-state index contributed by atoms with van der Waals surface area (Å²) < 4.78 is 5.36. The van der Waals surface area contributed by atoms with Crippen molar-refractivity contribution in [2.24, 2.45) is 0 Å². The zero-order valence-electron chi connectivity index (χ0n) is 8.24. The third-order valence-electron chi connectivity index (χ3n) is 1.94. The SMILES string of the molecule is O=C(O)C(Oc1ccccc1)c1cscn1. The molecule has 0 amide bonds. The largest absolute Gasteiger partial charge is 0.478 e. The van der Waals surface area contributed by atoms with Gasteiger partial charge in [0, 0.05) is 5.38 Å². The Labute approximate surface area is 96.1 Å². The summed E-state index contributed by atoms with van der Waals surface area (Å²) in [6.45, 7) is 0. The lowest BCUT2D eigenvalue weighted by atomic mass is 10.2. The highest BCUT2D eigenvalue weighted by Gasteiger charge is 2.23. The summed E-state index contributed by atoms with van der Waals surface area (Å²) in [7, 11) is 0. The van der Waals surface area contributed by atoms with Crippen LogP contribution in [-0.4, -0.2) is 16.1 Å². The molecule has 5 heteroatoms. The number of hydrogen-bond donors (Lipinski definition) is 1. The zero-order chi connectivity index (χ0) is 11.4. The van der Waals surface area contributed by atoms with Gasteiger partial charge >= 0.3 is 5.97 Å². The zero-order valence-corrected chi connectivity index (χ0v) is 9.05. The Morgan fingerprint density at radius 3 is 2.69 bits per heavy atom. The molecule has 1 aromatic heterocycles. The molecule has 1 atom stereocenters. The fourth-order valence-corrected chi connectivity index (χ4v) is 1.79. The Morgan fingerprint density at radius 2 is 2.12 bits per heavy atom. The summed E-state index contributed by atoms with van der Waals surface area (Å²) in [4.78, 5) is 15.0. The molecule has 2 aromatic rings. The minimum atomic E-state index is -1.05. The number of hydrogen-bond acceptors (Lipinski definition) is 4. The maximum absolute atomic E-state index is 11.0. The number of aliphatic carboxylic acids is 1. The van der Waals surface area contributed by atoms with Gasteiger partial charge in [-0.3, -0.25) is 0 Å². The number of para-hydroxylation sites is 1. The first-order chi connectivity index (χ1) is 7.77. The van der Waals surface area contributed by atoms with Crippen molar-refractivity contribution in [3.63, 3.8) is 0 Å². The van der Waals surface area contributed by atoms with E-state index >= 15 is 0 Å². The number of carboxylic acid groups (broad SMARTS) is 1. The molecule has 1 aromatic carbocycles. The van der Waals surface area contributed by atoms with Crippen molar-refractivity contribution in [1.82, 2.24) is 4.98 Å². The van der Waals surface area contributed by atoms with Crippen molar-refractivity contribution in [1.29, 1.82) is 0 Å². The highest BCUT2D eigenvalue weighted by atomic mass is 32.1. The van der Waals surface area contributed by atoms with E-state index in [0.29, 0.717) is 11.4 Å². The minimum absolute atomic E-state index is 0.418. The summed E-state index contributed by atoms with van der Waals surface area (Å²) in [6.07, 6.45) is -1.05. The van der Waals surface area contributed by atoms with Gasteiger partial charge in [-0.05, 0) is 12.1 Å². The summed E-state index contributed by atoms with van der Waals surface area (Å²) in [5.74, 6) is -0.530. The fraction of sp³-hybridized carbons (Fsp3) is 0.0909. The van der Waals surface area contributed by atoms with Crippen LogP contribution in [0.1, 0.15) is 11.8 Å². The van der Waals surface area contributed by atoms with E-state index in [1.54, 1.807) is 35.2 Å². The Balaban J connectivity index is 2.19. The first-order valence-corrected chi connectivity index (χ1v) is 5.54. The number of rotatable bonds is 4. The van der Waals surface area contributed by atoms with Gasteiger partial charge in [-0.1, -0.05) is 18.2 Å². The maximum Gasteiger partial charge on any atom is 0.351 e. The minimum Gasteiger partial charge on any atom is -0.478 e. The van der Waals surface area contributed by atoms with Crippen LogP contribution in [0.2, 0.25) is 0 Å². The van der Waals surface area contributed by atoms with Gasteiger partial charge < -0.3 is 9.84 Å². The molecule has 0 aliphatic carbocycles. The second-order valence-electron chi connectivity index (χ2n) is 3.06. The molecule has 0 aliphatic heterocycles. The van der Waals surface area contributed by atoms with Crippen LogP contribution in [0.4, 0.5) is 0 Å². The molecule has 1 N–H and O–H groups in total. The van der Waals surface area contributed by atoms with E-state index < -0.39 is 12.1 Å². The predicted molar refractivity (Wildman–Crippen MR) is 59.6 cm³/mol. The lowest BCUT2D eigenvalue weighted by Crippen LogP contribution is -2.18. The van der Waals surface area contributed by atoms with E-state index in [1.165, 1.54) is 11.3 Å². The molecule has 1 heterocycles. The normalized spacial score (nSPS) is 12.0. The molecule has 82 valence electrons. The van der Waals surface area contributed by atoms with Gasteiger partial charge in [-0.2, -0.15) is 0 Å². The summed E-state index contributed by atoms with van der Waals surface area (Å²) >= 11 is 1.34. The van der Waals surface area contributed by atoms with E-state index in [1.807, 2.05) is 6.07 Å². The monoisotopic (exact) mass is 235 g/mol. The number of thiazole rings is 1. The van der Waals surface area contributed by atoms with Crippen molar-refractivity contribution < 1.29 is 14.6 Å². The Morgan fingerprint density at radius 1 is 1.38 bits per heavy atom. The second kappa shape index (κ2) is 4.76. The van der Waals surface area contributed by atoms with Crippen LogP contribution in [0.5, 0.6) is 5.75 Å². The topological polar surface area (TPSA) is 59.4 Å². The number of carbonyl (C=O) groups is 1. The Hall–Kier alpha value is -1.88. The van der Waals surface area contributed by atoms with Crippen LogP contribution in [0, 0.1) is 0 Å². The number of nitrogens with zero attached hydrogens (tertiary/aromatic N) is 1. The fourth-order valence-electron chi connectivity index (χ4n) is 1.22. The van der Waals surface area contributed by atoms with Crippen molar-refractivity contribution in [2.75, 3.05) is 0 Å². The molecule has 0 radical (unpaired) electrons. The van der Waals surface area contributed by atoms with Gasteiger partial charge in [-0.25, -0.2) is 9.78 Å². The van der Waals surface area contributed by atoms with Gasteiger partial charge in [-0.15, -0.1) is 11.3 Å². The van der Waals surface area contributed by atoms with Crippen LogP contribution < -0.4 is 4.74 Å². The molecule has 2 rings (SSSR count). The molecule has 0 fully saturated rings. The molecule has 0 bridgehead atoms. The highest BCUT2D eigenvalue weighted by Crippen LogP contribution is 2.21. The Kier molecular flexibility index (Phi) is 3.16. The maximum atomic E-state index is 11.0. The van der Waals surface area contributed by atoms with Crippen LogP contribution in [-0.2, 0) is 4.79 Å². The van der Waals surface area contributed by atoms with Gasteiger partial charge in [0.15, 0.2) is 0 Å². The van der Waals surface area contributed by atoms with Crippen molar-refractivity contribution in [2.45, 2.75) is 6.10 Å². The Bertz CT molecular complexity index is 455. The number of ether oxygens (including phenoxy) is 1. The number of aromatic nitrogens is 1. The standard InChI is InChI=1S/C11H9NO3S/c13-11(14)10(9-6-16-7-12-9)15-8-4-2-1-3-5-8/h1-7,10H,(H,13,14). The first kappa shape index (κ1) is 10.6. The van der Waals surface area contributed by atoms with Crippen molar-refractivity contribution in [3.05, 3.63) is 46.9 Å². The third-order valence-corrected chi connectivity index (χ3v) is 2.55. The van der Waals surface area contributed by atoms with E-state index in [-0.39, 0.29) is 0 Å².